The summed E-state index contributed by atoms with van der Waals surface area (Å²) >= 11 is 3.39. The maximum Gasteiger partial charge on any atom is 0.232 e. The molecule has 5 nitrogen and oxygen atoms in total. The van der Waals surface area contributed by atoms with Crippen LogP contribution in [0.1, 0.15) is 19.4 Å². The largest absolute Gasteiger partial charge is 0.354 e. The number of benzene rings is 1. The zero-order valence-corrected chi connectivity index (χ0v) is 15.1. The molecule has 0 unspecified atom stereocenters. The minimum absolute atomic E-state index is 0.0913. The minimum atomic E-state index is -3.42. The van der Waals surface area contributed by atoms with Gasteiger partial charge in [-0.1, -0.05) is 19.9 Å². The number of carbonyl (C=O) groups is 1. The number of nitrogens with one attached hydrogen (secondary N) is 1. The number of sulfonamides is 1. The van der Waals surface area contributed by atoms with E-state index in [0.29, 0.717) is 10.2 Å². The summed E-state index contributed by atoms with van der Waals surface area (Å²) in [4.78, 5) is 11.5. The molecule has 1 rings (SSSR count). The van der Waals surface area contributed by atoms with Gasteiger partial charge in [0.15, 0.2) is 0 Å². The van der Waals surface area contributed by atoms with Gasteiger partial charge in [0.2, 0.25) is 15.9 Å². The molecule has 1 aromatic carbocycles. The summed E-state index contributed by atoms with van der Waals surface area (Å²) in [7, 11) is -3.42. The first-order valence-corrected chi connectivity index (χ1v) is 9.28. The highest BCUT2D eigenvalue weighted by Gasteiger charge is 2.20. The first kappa shape index (κ1) is 18.0. The van der Waals surface area contributed by atoms with Gasteiger partial charge in [-0.05, 0) is 40.5 Å². The van der Waals surface area contributed by atoms with Gasteiger partial charge < -0.3 is 5.32 Å². The topological polar surface area (TPSA) is 66.5 Å². The Bertz CT molecular complexity index is 615. The summed E-state index contributed by atoms with van der Waals surface area (Å²) in [5.74, 6) is -0.214. The zero-order chi connectivity index (χ0) is 16.2. The molecule has 118 valence electrons. The molecule has 0 heterocycles. The summed E-state index contributed by atoms with van der Waals surface area (Å²) in [5.41, 5.74) is 1.61. The van der Waals surface area contributed by atoms with Crippen LogP contribution in [-0.2, 0) is 14.8 Å². The molecule has 1 amide bonds. The molecule has 0 atom stereocenters. The molecule has 21 heavy (non-hydrogen) atoms. The molecule has 0 aliphatic carbocycles. The number of nitrogens with zero attached hydrogens (tertiary/aromatic N) is 1. The molecular formula is C14H21BrN2O3S. The average molecular weight is 377 g/mol. The highest BCUT2D eigenvalue weighted by Crippen LogP contribution is 2.28. The number of carbonyl (C=O) groups excluding carboxylic acids is 1. The average Bonchev–Trinajstić information content (AvgIpc) is 2.34. The number of halogens is 1. The van der Waals surface area contributed by atoms with Crippen molar-refractivity contribution in [2.24, 2.45) is 5.92 Å². The lowest BCUT2D eigenvalue weighted by Gasteiger charge is -2.24. The van der Waals surface area contributed by atoms with E-state index in [0.717, 1.165) is 11.8 Å². The van der Waals surface area contributed by atoms with Crippen molar-refractivity contribution in [3.63, 3.8) is 0 Å². The van der Waals surface area contributed by atoms with E-state index in [4.69, 9.17) is 0 Å². The van der Waals surface area contributed by atoms with Crippen LogP contribution in [-0.4, -0.2) is 33.7 Å². The fourth-order valence-corrected chi connectivity index (χ4v) is 3.53. The Morgan fingerprint density at radius 1 is 1.38 bits per heavy atom. The number of aryl methyl sites for hydroxylation is 1. The molecule has 0 aliphatic heterocycles. The molecule has 7 heteroatoms. The lowest BCUT2D eigenvalue weighted by Crippen LogP contribution is -2.39. The lowest BCUT2D eigenvalue weighted by molar-refractivity contribution is -0.123. The van der Waals surface area contributed by atoms with Crippen molar-refractivity contribution in [1.29, 1.82) is 0 Å². The van der Waals surface area contributed by atoms with Gasteiger partial charge in [-0.3, -0.25) is 9.10 Å². The van der Waals surface area contributed by atoms with Crippen LogP contribution in [0, 0.1) is 12.8 Å². The maximum absolute atomic E-state index is 12.0. The summed E-state index contributed by atoms with van der Waals surface area (Å²) in [6, 6.07) is 5.47. The normalized spacial score (nSPS) is 11.5. The van der Waals surface area contributed by atoms with E-state index in [-0.39, 0.29) is 24.9 Å². The fraction of sp³-hybridized carbons (Fsp3) is 0.500. The molecular weight excluding hydrogens is 356 g/mol. The van der Waals surface area contributed by atoms with Crippen molar-refractivity contribution in [1.82, 2.24) is 5.32 Å². The van der Waals surface area contributed by atoms with Crippen LogP contribution >= 0.6 is 15.9 Å². The summed E-state index contributed by atoms with van der Waals surface area (Å²) in [6.45, 7) is 5.98. The van der Waals surface area contributed by atoms with Gasteiger partial charge in [-0.25, -0.2) is 8.42 Å². The second-order valence-electron chi connectivity index (χ2n) is 5.24. The SMILES string of the molecule is Cc1ccc(N(CCNC(=O)C(C)C)S(C)(=O)=O)c(Br)c1. The van der Waals surface area contributed by atoms with Crippen molar-refractivity contribution in [3.05, 3.63) is 28.2 Å². The second kappa shape index (κ2) is 7.26. The number of hydrogen-bond acceptors (Lipinski definition) is 3. The van der Waals surface area contributed by atoms with E-state index >= 15 is 0 Å². The number of hydrogen-bond donors (Lipinski definition) is 1. The molecule has 0 saturated heterocycles. The smallest absolute Gasteiger partial charge is 0.232 e. The van der Waals surface area contributed by atoms with Gasteiger partial charge in [0, 0.05) is 16.9 Å². The van der Waals surface area contributed by atoms with E-state index in [1.807, 2.05) is 19.1 Å². The van der Waals surface area contributed by atoms with Crippen molar-refractivity contribution in [3.8, 4) is 0 Å². The van der Waals surface area contributed by atoms with Crippen molar-refractivity contribution in [2.45, 2.75) is 20.8 Å². The summed E-state index contributed by atoms with van der Waals surface area (Å²) in [5, 5.41) is 2.72. The summed E-state index contributed by atoms with van der Waals surface area (Å²) in [6.07, 6.45) is 1.16. The standard InChI is InChI=1S/C14H21BrN2O3S/c1-10(2)14(18)16-7-8-17(21(4,19)20)13-6-5-11(3)9-12(13)15/h5-6,9-10H,7-8H2,1-4H3,(H,16,18). The van der Waals surface area contributed by atoms with Gasteiger partial charge in [0.1, 0.15) is 0 Å². The van der Waals surface area contributed by atoms with Crippen LogP contribution in [0.4, 0.5) is 5.69 Å². The number of amides is 1. The predicted molar refractivity (Wildman–Crippen MR) is 88.9 cm³/mol. The zero-order valence-electron chi connectivity index (χ0n) is 12.7. The van der Waals surface area contributed by atoms with Gasteiger partial charge in [0.25, 0.3) is 0 Å². The second-order valence-corrected chi connectivity index (χ2v) is 8.00. The predicted octanol–water partition coefficient (Wildman–Crippen LogP) is 2.30. The molecule has 1 aromatic rings. The van der Waals surface area contributed by atoms with Crippen molar-refractivity contribution in [2.75, 3.05) is 23.7 Å². The molecule has 0 aromatic heterocycles. The van der Waals surface area contributed by atoms with Crippen molar-refractivity contribution >= 4 is 37.5 Å². The maximum atomic E-state index is 12.0. The highest BCUT2D eigenvalue weighted by molar-refractivity contribution is 9.10. The molecule has 0 radical (unpaired) electrons. The van der Waals surface area contributed by atoms with Gasteiger partial charge in [-0.2, -0.15) is 0 Å². The van der Waals surface area contributed by atoms with E-state index in [1.54, 1.807) is 19.9 Å². The molecule has 0 fully saturated rings. The van der Waals surface area contributed by atoms with Crippen LogP contribution in [0.2, 0.25) is 0 Å². The first-order valence-electron chi connectivity index (χ1n) is 6.64. The lowest BCUT2D eigenvalue weighted by atomic mass is 10.2. The molecule has 0 saturated carbocycles. The number of anilines is 1. The third kappa shape index (κ3) is 5.32. The fourth-order valence-electron chi connectivity index (χ4n) is 1.76. The quantitative estimate of drug-likeness (QED) is 0.827. The van der Waals surface area contributed by atoms with Crippen LogP contribution < -0.4 is 9.62 Å². The number of rotatable bonds is 6. The summed E-state index contributed by atoms with van der Waals surface area (Å²) < 4.78 is 25.9. The third-order valence-electron chi connectivity index (χ3n) is 2.91. The van der Waals surface area contributed by atoms with E-state index < -0.39 is 10.0 Å². The molecule has 0 spiro atoms. The molecule has 0 aliphatic rings. The van der Waals surface area contributed by atoms with Crippen LogP contribution in [0.15, 0.2) is 22.7 Å². The molecule has 0 bridgehead atoms. The van der Waals surface area contributed by atoms with Crippen LogP contribution in [0.25, 0.3) is 0 Å². The Morgan fingerprint density at radius 3 is 2.48 bits per heavy atom. The Hall–Kier alpha value is -1.08. The first-order chi connectivity index (χ1) is 9.62. The van der Waals surface area contributed by atoms with Gasteiger partial charge in [0.05, 0.1) is 18.5 Å². The Balaban J connectivity index is 2.90. The third-order valence-corrected chi connectivity index (χ3v) is 4.73. The Kier molecular flexibility index (Phi) is 6.22. The molecule has 1 N–H and O–H groups in total. The van der Waals surface area contributed by atoms with Crippen LogP contribution in [0.5, 0.6) is 0 Å². The highest BCUT2D eigenvalue weighted by atomic mass is 79.9. The van der Waals surface area contributed by atoms with Gasteiger partial charge >= 0.3 is 0 Å². The van der Waals surface area contributed by atoms with E-state index in [9.17, 15) is 13.2 Å². The minimum Gasteiger partial charge on any atom is -0.354 e. The van der Waals surface area contributed by atoms with E-state index in [1.165, 1.54) is 4.31 Å². The Labute approximate surface area is 134 Å². The van der Waals surface area contributed by atoms with Crippen LogP contribution in [0.3, 0.4) is 0 Å². The monoisotopic (exact) mass is 376 g/mol. The van der Waals surface area contributed by atoms with Gasteiger partial charge in [-0.15, -0.1) is 0 Å². The Morgan fingerprint density at radius 2 is 2.00 bits per heavy atom. The van der Waals surface area contributed by atoms with Crippen molar-refractivity contribution < 1.29 is 13.2 Å². The van der Waals surface area contributed by atoms with E-state index in [2.05, 4.69) is 21.2 Å².